The maximum atomic E-state index is 10.8. The van der Waals surface area contributed by atoms with E-state index >= 15 is 0 Å². The van der Waals surface area contributed by atoms with E-state index in [0.29, 0.717) is 26.1 Å². The molecule has 4 aromatic rings. The summed E-state index contributed by atoms with van der Waals surface area (Å²) in [5, 5.41) is 24.2. The molecule has 0 spiro atoms. The summed E-state index contributed by atoms with van der Waals surface area (Å²) in [6.07, 6.45) is 0.146. The number of hydrogen-bond acceptors (Lipinski definition) is 3. The average molecular weight is 415 g/mol. The Kier molecular flexibility index (Phi) is 6.82. The molecular weight excluding hydrogens is 384 g/mol. The number of nitrogens with one attached hydrogen (secondary N) is 1. The van der Waals surface area contributed by atoms with Crippen LogP contribution in [-0.2, 0) is 6.54 Å². The zero-order valence-electron chi connectivity index (χ0n) is 18.0. The largest absolute Gasteiger partial charge is 0.396 e. The predicted molar refractivity (Wildman–Crippen MR) is 128 cm³/mol. The van der Waals surface area contributed by atoms with E-state index in [0.717, 1.165) is 16.8 Å². The van der Waals surface area contributed by atoms with E-state index in [9.17, 15) is 5.11 Å². The Morgan fingerprint density at radius 2 is 1.58 bits per heavy atom. The highest BCUT2D eigenvalue weighted by Crippen LogP contribution is 2.41. The van der Waals surface area contributed by atoms with Crippen molar-refractivity contribution in [2.24, 2.45) is 0 Å². The maximum absolute atomic E-state index is 10.8. The number of aromatic nitrogens is 1. The van der Waals surface area contributed by atoms with Crippen molar-refractivity contribution in [2.75, 3.05) is 19.7 Å². The molecule has 0 radical (unpaired) electrons. The van der Waals surface area contributed by atoms with Crippen LogP contribution in [0, 0.1) is 6.92 Å². The van der Waals surface area contributed by atoms with Crippen molar-refractivity contribution in [3.8, 4) is 22.4 Å². The van der Waals surface area contributed by atoms with Gasteiger partial charge < -0.3 is 20.1 Å². The first kappa shape index (κ1) is 21.3. The fraction of sp³-hybridized carbons (Fsp3) is 0.259. The molecule has 0 aliphatic rings. The maximum Gasteiger partial charge on any atom is 0.0843 e. The topological polar surface area (TPSA) is 57.4 Å². The molecule has 3 N–H and O–H groups in total. The normalized spacial score (nSPS) is 12.4. The van der Waals surface area contributed by atoms with Crippen molar-refractivity contribution in [3.63, 3.8) is 0 Å². The molecule has 1 atom stereocenters. The van der Waals surface area contributed by atoms with Crippen molar-refractivity contribution < 1.29 is 10.2 Å². The Labute approximate surface area is 183 Å². The SMILES string of the molecule is Cc1ccc2c(c1)c(-c1ccccc1)c(-c1ccccc1)n2C[C@H](O)CNCCCO. The van der Waals surface area contributed by atoms with Crippen LogP contribution < -0.4 is 5.32 Å². The summed E-state index contributed by atoms with van der Waals surface area (Å²) < 4.78 is 2.25. The van der Waals surface area contributed by atoms with Crippen LogP contribution in [0.2, 0.25) is 0 Å². The molecule has 0 unspecified atom stereocenters. The van der Waals surface area contributed by atoms with E-state index in [4.69, 9.17) is 5.11 Å². The second-order valence-electron chi connectivity index (χ2n) is 8.02. The van der Waals surface area contributed by atoms with Crippen LogP contribution >= 0.6 is 0 Å². The molecule has 0 fully saturated rings. The van der Waals surface area contributed by atoms with Crippen molar-refractivity contribution in [3.05, 3.63) is 84.4 Å². The lowest BCUT2D eigenvalue weighted by molar-refractivity contribution is 0.152. The van der Waals surface area contributed by atoms with Gasteiger partial charge >= 0.3 is 0 Å². The van der Waals surface area contributed by atoms with E-state index in [-0.39, 0.29) is 6.61 Å². The quantitative estimate of drug-likeness (QED) is 0.350. The van der Waals surface area contributed by atoms with Gasteiger partial charge in [-0.15, -0.1) is 0 Å². The molecule has 3 aromatic carbocycles. The molecular formula is C27H30N2O2. The molecule has 160 valence electrons. The fourth-order valence-electron chi connectivity index (χ4n) is 4.20. The Bertz CT molecular complexity index is 1120. The summed E-state index contributed by atoms with van der Waals surface area (Å²) in [6.45, 7) is 3.94. The molecule has 4 heteroatoms. The Hall–Kier alpha value is -2.92. The molecule has 0 saturated carbocycles. The molecule has 0 aliphatic carbocycles. The van der Waals surface area contributed by atoms with Crippen LogP contribution in [-0.4, -0.2) is 40.6 Å². The number of hydrogen-bond donors (Lipinski definition) is 3. The zero-order valence-corrected chi connectivity index (χ0v) is 18.0. The zero-order chi connectivity index (χ0) is 21.6. The van der Waals surface area contributed by atoms with Crippen LogP contribution in [0.4, 0.5) is 0 Å². The van der Waals surface area contributed by atoms with Gasteiger partial charge in [0.25, 0.3) is 0 Å². The standard InChI is InChI=1S/C27H30N2O2/c1-20-13-14-25-24(17-20)26(21-9-4-2-5-10-21)27(22-11-6-3-7-12-22)29(25)19-23(31)18-28-15-8-16-30/h2-7,9-14,17,23,28,30-31H,8,15-16,18-19H2,1H3/t23-/m1/s1. The van der Waals surface area contributed by atoms with E-state index in [1.165, 1.54) is 22.1 Å². The lowest BCUT2D eigenvalue weighted by atomic mass is 9.98. The molecule has 4 rings (SSSR count). The lowest BCUT2D eigenvalue weighted by Gasteiger charge is -2.17. The van der Waals surface area contributed by atoms with Crippen molar-refractivity contribution in [1.29, 1.82) is 0 Å². The smallest absolute Gasteiger partial charge is 0.0843 e. The third kappa shape index (κ3) is 4.72. The van der Waals surface area contributed by atoms with Gasteiger partial charge in [0.05, 0.1) is 18.3 Å². The number of nitrogens with zero attached hydrogens (tertiary/aromatic N) is 1. The van der Waals surface area contributed by atoms with Gasteiger partial charge in [-0.3, -0.25) is 0 Å². The molecule has 0 aliphatic heterocycles. The molecule has 0 bridgehead atoms. The summed E-state index contributed by atoms with van der Waals surface area (Å²) in [6, 6.07) is 27.4. The van der Waals surface area contributed by atoms with Crippen LogP contribution in [0.5, 0.6) is 0 Å². The predicted octanol–water partition coefficient (Wildman–Crippen LogP) is 4.62. The summed E-state index contributed by atoms with van der Waals surface area (Å²) in [4.78, 5) is 0. The molecule has 4 nitrogen and oxygen atoms in total. The fourth-order valence-corrected chi connectivity index (χ4v) is 4.20. The second kappa shape index (κ2) is 9.92. The van der Waals surface area contributed by atoms with Gasteiger partial charge in [0.2, 0.25) is 0 Å². The molecule has 1 heterocycles. The van der Waals surface area contributed by atoms with E-state index in [2.05, 4.69) is 83.5 Å². The number of aliphatic hydroxyl groups excluding tert-OH is 2. The summed E-state index contributed by atoms with van der Waals surface area (Å²) in [5.74, 6) is 0. The second-order valence-corrected chi connectivity index (χ2v) is 8.02. The van der Waals surface area contributed by atoms with Crippen molar-refractivity contribution in [1.82, 2.24) is 9.88 Å². The number of fused-ring (bicyclic) bond motifs is 1. The summed E-state index contributed by atoms with van der Waals surface area (Å²) in [5.41, 5.74) is 6.97. The third-order valence-electron chi connectivity index (χ3n) is 5.61. The number of rotatable bonds is 9. The van der Waals surface area contributed by atoms with Gasteiger partial charge in [0.15, 0.2) is 0 Å². The van der Waals surface area contributed by atoms with Gasteiger partial charge in [0, 0.05) is 29.6 Å². The first-order chi connectivity index (χ1) is 15.2. The number of benzene rings is 3. The Morgan fingerprint density at radius 3 is 2.26 bits per heavy atom. The van der Waals surface area contributed by atoms with Crippen LogP contribution in [0.25, 0.3) is 33.3 Å². The molecule has 1 aromatic heterocycles. The molecule has 31 heavy (non-hydrogen) atoms. The van der Waals surface area contributed by atoms with Crippen LogP contribution in [0.3, 0.4) is 0 Å². The first-order valence-electron chi connectivity index (χ1n) is 10.9. The highest BCUT2D eigenvalue weighted by molar-refractivity contribution is 6.04. The van der Waals surface area contributed by atoms with E-state index < -0.39 is 6.10 Å². The lowest BCUT2D eigenvalue weighted by Crippen LogP contribution is -2.31. The van der Waals surface area contributed by atoms with Gasteiger partial charge in [0.1, 0.15) is 0 Å². The van der Waals surface area contributed by atoms with E-state index in [1.54, 1.807) is 0 Å². The van der Waals surface area contributed by atoms with Gasteiger partial charge in [-0.1, -0.05) is 72.3 Å². The Balaban J connectivity index is 1.86. The van der Waals surface area contributed by atoms with Crippen molar-refractivity contribution >= 4 is 10.9 Å². The minimum absolute atomic E-state index is 0.156. The van der Waals surface area contributed by atoms with Gasteiger partial charge in [-0.2, -0.15) is 0 Å². The first-order valence-corrected chi connectivity index (χ1v) is 10.9. The highest BCUT2D eigenvalue weighted by atomic mass is 16.3. The number of aryl methyl sites for hydroxylation is 1. The monoisotopic (exact) mass is 414 g/mol. The highest BCUT2D eigenvalue weighted by Gasteiger charge is 2.21. The van der Waals surface area contributed by atoms with Crippen molar-refractivity contribution in [2.45, 2.75) is 26.0 Å². The van der Waals surface area contributed by atoms with Gasteiger partial charge in [-0.25, -0.2) is 0 Å². The summed E-state index contributed by atoms with van der Waals surface area (Å²) >= 11 is 0. The minimum atomic E-state index is -0.540. The molecule has 0 saturated heterocycles. The molecule has 0 amide bonds. The number of aliphatic hydroxyl groups is 2. The average Bonchev–Trinajstić information content (AvgIpc) is 3.11. The third-order valence-corrected chi connectivity index (χ3v) is 5.61. The Morgan fingerprint density at radius 1 is 0.903 bits per heavy atom. The van der Waals surface area contributed by atoms with Gasteiger partial charge in [-0.05, 0) is 43.1 Å². The summed E-state index contributed by atoms with van der Waals surface area (Å²) in [7, 11) is 0. The van der Waals surface area contributed by atoms with Crippen LogP contribution in [0.15, 0.2) is 78.9 Å². The van der Waals surface area contributed by atoms with Crippen LogP contribution in [0.1, 0.15) is 12.0 Å². The van der Waals surface area contributed by atoms with E-state index in [1.807, 2.05) is 12.1 Å². The minimum Gasteiger partial charge on any atom is -0.396 e.